The molecule has 6 heteroatoms. The topological polar surface area (TPSA) is 24.4 Å². The molecule has 80 valence electrons. The third kappa shape index (κ3) is 2.26. The molecule has 0 saturated carbocycles. The van der Waals surface area contributed by atoms with Crippen molar-refractivity contribution in [3.05, 3.63) is 29.6 Å². The highest BCUT2D eigenvalue weighted by Crippen LogP contribution is 2.22. The van der Waals surface area contributed by atoms with Crippen LogP contribution in [0.4, 0.5) is 18.9 Å². The van der Waals surface area contributed by atoms with Gasteiger partial charge in [-0.2, -0.15) is 0 Å². The maximum Gasteiger partial charge on any atom is 0.182 e. The summed E-state index contributed by atoms with van der Waals surface area (Å²) in [6.45, 7) is 0.631. The van der Waals surface area contributed by atoms with Crippen LogP contribution in [0.5, 0.6) is 0 Å². The molecule has 1 aliphatic rings. The quantitative estimate of drug-likeness (QED) is 0.753. The summed E-state index contributed by atoms with van der Waals surface area (Å²) < 4.78 is 38.8. The minimum atomic E-state index is -1.21. The number of benzene rings is 1. The molecular weight excluding hydrogens is 225 g/mol. The van der Waals surface area contributed by atoms with Crippen LogP contribution < -0.4 is 5.32 Å². The van der Waals surface area contributed by atoms with E-state index in [2.05, 4.69) is 10.3 Å². The van der Waals surface area contributed by atoms with E-state index in [4.69, 9.17) is 0 Å². The van der Waals surface area contributed by atoms with E-state index in [1.165, 1.54) is 11.8 Å². The summed E-state index contributed by atoms with van der Waals surface area (Å²) in [5.74, 6) is -2.32. The van der Waals surface area contributed by atoms with Crippen LogP contribution >= 0.6 is 11.8 Å². The van der Waals surface area contributed by atoms with Crippen LogP contribution in [0.25, 0.3) is 0 Å². The molecule has 2 nitrogen and oxygen atoms in total. The fraction of sp³-hybridized carbons (Fsp3) is 0.222. The molecule has 0 aromatic heterocycles. The normalized spacial score (nSPS) is 15.3. The molecule has 15 heavy (non-hydrogen) atoms. The minimum Gasteiger partial charge on any atom is -0.332 e. The van der Waals surface area contributed by atoms with E-state index in [9.17, 15) is 13.2 Å². The summed E-state index contributed by atoms with van der Waals surface area (Å²) >= 11 is 1.38. The molecule has 1 N–H and O–H groups in total. The second-order valence-corrected chi connectivity index (χ2v) is 3.99. The predicted molar refractivity (Wildman–Crippen MR) is 54.7 cm³/mol. The van der Waals surface area contributed by atoms with Gasteiger partial charge in [-0.05, 0) is 0 Å². The van der Waals surface area contributed by atoms with Crippen LogP contribution in [0.15, 0.2) is 17.1 Å². The largest absolute Gasteiger partial charge is 0.332 e. The number of hydrogen-bond donors (Lipinski definition) is 1. The smallest absolute Gasteiger partial charge is 0.182 e. The highest BCUT2D eigenvalue weighted by molar-refractivity contribution is 8.14. The summed E-state index contributed by atoms with van der Waals surface area (Å²) in [4.78, 5) is 3.99. The summed E-state index contributed by atoms with van der Waals surface area (Å²) in [5.41, 5.74) is -0.222. The molecule has 1 aromatic carbocycles. The molecule has 1 heterocycles. The van der Waals surface area contributed by atoms with Crippen LogP contribution in [-0.2, 0) is 0 Å². The van der Waals surface area contributed by atoms with E-state index in [0.29, 0.717) is 17.8 Å². The average Bonchev–Trinajstić information content (AvgIpc) is 2.66. The van der Waals surface area contributed by atoms with Crippen molar-refractivity contribution in [2.75, 3.05) is 17.6 Å². The van der Waals surface area contributed by atoms with Gasteiger partial charge in [-0.1, -0.05) is 11.8 Å². The lowest BCUT2D eigenvalue weighted by molar-refractivity contribution is 0.498. The first kappa shape index (κ1) is 10.4. The number of nitrogens with zero attached hydrogens (tertiary/aromatic N) is 1. The minimum absolute atomic E-state index is 0.222. The standard InChI is InChI=1S/C9H7F3N2S/c10-5-3-6(11)8(12)7(4-5)14-9-13-1-2-15-9/h3-4H,1-2H2,(H,13,14). The Labute approximate surface area is 88.6 Å². The van der Waals surface area contributed by atoms with E-state index < -0.39 is 17.5 Å². The molecular formula is C9H7F3N2S. The summed E-state index contributed by atoms with van der Waals surface area (Å²) in [5, 5.41) is 3.03. The van der Waals surface area contributed by atoms with Crippen LogP contribution in [0.2, 0.25) is 0 Å². The van der Waals surface area contributed by atoms with E-state index in [1.54, 1.807) is 0 Å². The number of aliphatic imine (C=N–C) groups is 1. The van der Waals surface area contributed by atoms with Crippen molar-refractivity contribution in [1.29, 1.82) is 0 Å². The van der Waals surface area contributed by atoms with Crippen molar-refractivity contribution in [3.63, 3.8) is 0 Å². The number of anilines is 1. The Bertz CT molecular complexity index is 420. The Morgan fingerprint density at radius 1 is 1.27 bits per heavy atom. The van der Waals surface area contributed by atoms with Crippen LogP contribution in [-0.4, -0.2) is 17.5 Å². The molecule has 2 rings (SSSR count). The van der Waals surface area contributed by atoms with Gasteiger partial charge in [0.1, 0.15) is 5.82 Å². The van der Waals surface area contributed by atoms with Crippen molar-refractivity contribution in [1.82, 2.24) is 0 Å². The van der Waals surface area contributed by atoms with Gasteiger partial charge in [0.2, 0.25) is 0 Å². The third-order valence-electron chi connectivity index (χ3n) is 1.82. The molecule has 0 radical (unpaired) electrons. The average molecular weight is 232 g/mol. The Kier molecular flexibility index (Phi) is 2.86. The van der Waals surface area contributed by atoms with Gasteiger partial charge in [-0.3, -0.25) is 4.99 Å². The highest BCUT2D eigenvalue weighted by atomic mass is 32.2. The zero-order valence-electron chi connectivity index (χ0n) is 7.56. The number of nitrogens with one attached hydrogen (secondary N) is 1. The van der Waals surface area contributed by atoms with Gasteiger partial charge in [0.25, 0.3) is 0 Å². The third-order valence-corrected chi connectivity index (χ3v) is 2.71. The second-order valence-electron chi connectivity index (χ2n) is 2.91. The molecule has 0 saturated heterocycles. The monoisotopic (exact) mass is 232 g/mol. The lowest BCUT2D eigenvalue weighted by atomic mass is 10.3. The van der Waals surface area contributed by atoms with E-state index in [1.807, 2.05) is 0 Å². The fourth-order valence-electron chi connectivity index (χ4n) is 1.17. The molecule has 0 unspecified atom stereocenters. The van der Waals surface area contributed by atoms with E-state index >= 15 is 0 Å². The summed E-state index contributed by atoms with van der Waals surface area (Å²) in [6, 6.07) is 1.41. The van der Waals surface area contributed by atoms with E-state index in [0.717, 1.165) is 11.8 Å². The van der Waals surface area contributed by atoms with Crippen LogP contribution in [0.3, 0.4) is 0 Å². The first-order chi connectivity index (χ1) is 7.16. The number of hydrogen-bond acceptors (Lipinski definition) is 3. The zero-order chi connectivity index (χ0) is 10.8. The second kappa shape index (κ2) is 4.14. The SMILES string of the molecule is Fc1cc(F)c(F)c(NC2=NCCS2)c1. The molecule has 0 spiro atoms. The lowest BCUT2D eigenvalue weighted by Gasteiger charge is -2.06. The lowest BCUT2D eigenvalue weighted by Crippen LogP contribution is -2.08. The maximum absolute atomic E-state index is 13.2. The van der Waals surface area contributed by atoms with Gasteiger partial charge in [0.05, 0.1) is 12.2 Å². The Hall–Kier alpha value is -1.17. The molecule has 1 aliphatic heterocycles. The number of halogens is 3. The Morgan fingerprint density at radius 2 is 2.07 bits per heavy atom. The van der Waals surface area contributed by atoms with Crippen molar-refractivity contribution in [2.45, 2.75) is 0 Å². The molecule has 1 aromatic rings. The molecule has 0 bridgehead atoms. The Balaban J connectivity index is 2.27. The molecule has 0 atom stereocenters. The zero-order valence-corrected chi connectivity index (χ0v) is 8.37. The number of thioether (sulfide) groups is 1. The predicted octanol–water partition coefficient (Wildman–Crippen LogP) is 2.62. The first-order valence-corrected chi connectivity index (χ1v) is 5.24. The highest BCUT2D eigenvalue weighted by Gasteiger charge is 2.14. The van der Waals surface area contributed by atoms with Crippen LogP contribution in [0, 0.1) is 17.5 Å². The van der Waals surface area contributed by atoms with Gasteiger partial charge >= 0.3 is 0 Å². The summed E-state index contributed by atoms with van der Waals surface area (Å²) in [6.07, 6.45) is 0. The van der Waals surface area contributed by atoms with E-state index in [-0.39, 0.29) is 5.69 Å². The fourth-order valence-corrected chi connectivity index (χ4v) is 1.91. The maximum atomic E-state index is 13.2. The Morgan fingerprint density at radius 3 is 2.73 bits per heavy atom. The van der Waals surface area contributed by atoms with Crippen molar-refractivity contribution >= 4 is 22.6 Å². The van der Waals surface area contributed by atoms with Crippen molar-refractivity contribution in [2.24, 2.45) is 4.99 Å². The van der Waals surface area contributed by atoms with Gasteiger partial charge < -0.3 is 5.32 Å². The number of amidine groups is 1. The van der Waals surface area contributed by atoms with Gasteiger partial charge in [0, 0.05) is 17.9 Å². The number of rotatable bonds is 1. The first-order valence-electron chi connectivity index (χ1n) is 4.25. The van der Waals surface area contributed by atoms with Crippen LogP contribution in [0.1, 0.15) is 0 Å². The summed E-state index contributed by atoms with van der Waals surface area (Å²) in [7, 11) is 0. The van der Waals surface area contributed by atoms with Gasteiger partial charge in [-0.25, -0.2) is 13.2 Å². The van der Waals surface area contributed by atoms with Gasteiger partial charge in [-0.15, -0.1) is 0 Å². The van der Waals surface area contributed by atoms with Crippen molar-refractivity contribution in [3.8, 4) is 0 Å². The molecule has 0 amide bonds. The van der Waals surface area contributed by atoms with Gasteiger partial charge in [0.15, 0.2) is 16.8 Å². The molecule has 0 fully saturated rings. The molecule has 0 aliphatic carbocycles. The van der Waals surface area contributed by atoms with Crippen molar-refractivity contribution < 1.29 is 13.2 Å².